The first kappa shape index (κ1) is 14.0. The lowest BCUT2D eigenvalue weighted by molar-refractivity contribution is 0.0943. The van der Waals surface area contributed by atoms with Crippen LogP contribution < -0.4 is 10.5 Å². The van der Waals surface area contributed by atoms with Crippen LogP contribution in [0.4, 0.5) is 0 Å². The molecule has 1 heterocycles. The molecule has 2 aliphatic carbocycles. The molecule has 0 unspecified atom stereocenters. The molecule has 110 valence electrons. The van der Waals surface area contributed by atoms with Gasteiger partial charge >= 0.3 is 0 Å². The predicted molar refractivity (Wildman–Crippen MR) is 77.0 cm³/mol. The van der Waals surface area contributed by atoms with Crippen LogP contribution in [-0.4, -0.2) is 20.9 Å². The highest BCUT2D eigenvalue weighted by Crippen LogP contribution is 2.48. The molecule has 3 N–H and O–H groups in total. The van der Waals surface area contributed by atoms with Crippen LogP contribution in [0.3, 0.4) is 0 Å². The molecule has 7 heteroatoms. The molecule has 2 fully saturated rings. The van der Waals surface area contributed by atoms with E-state index < -0.39 is 10.0 Å². The van der Waals surface area contributed by atoms with Gasteiger partial charge in [0.2, 0.25) is 10.0 Å². The van der Waals surface area contributed by atoms with Crippen molar-refractivity contribution in [3.63, 3.8) is 0 Å². The third-order valence-electron chi connectivity index (χ3n) is 4.07. The Morgan fingerprint density at radius 3 is 2.40 bits per heavy atom. The Bertz CT molecular complexity index is 603. The van der Waals surface area contributed by atoms with Crippen LogP contribution in [-0.2, 0) is 10.0 Å². The fourth-order valence-corrected chi connectivity index (χ4v) is 4.25. The van der Waals surface area contributed by atoms with Gasteiger partial charge in [-0.3, -0.25) is 4.79 Å². The fourth-order valence-electron chi connectivity index (χ4n) is 2.66. The van der Waals surface area contributed by atoms with Crippen molar-refractivity contribution in [2.75, 3.05) is 6.54 Å². The summed E-state index contributed by atoms with van der Waals surface area (Å²) in [6.07, 6.45) is 5.13. The standard InChI is InChI=1S/C13H18N2O3S2/c14-20(17,18)12-5-10(7-19-12)13(16)15-6-11(8-1-2-8)9-3-4-9/h5,7-9,11H,1-4,6H2,(H,15,16)(H2,14,17,18). The van der Waals surface area contributed by atoms with Crippen LogP contribution in [0.2, 0.25) is 0 Å². The van der Waals surface area contributed by atoms with Crippen molar-refractivity contribution in [3.8, 4) is 0 Å². The van der Waals surface area contributed by atoms with Crippen molar-refractivity contribution >= 4 is 27.3 Å². The zero-order chi connectivity index (χ0) is 14.3. The lowest BCUT2D eigenvalue weighted by atomic mass is 9.98. The smallest absolute Gasteiger partial charge is 0.252 e. The number of hydrogen-bond donors (Lipinski definition) is 2. The van der Waals surface area contributed by atoms with Gasteiger partial charge in [0.05, 0.1) is 5.56 Å². The molecule has 1 amide bonds. The van der Waals surface area contributed by atoms with E-state index in [9.17, 15) is 13.2 Å². The lowest BCUT2D eigenvalue weighted by Gasteiger charge is -2.15. The van der Waals surface area contributed by atoms with Crippen LogP contribution in [0.15, 0.2) is 15.7 Å². The van der Waals surface area contributed by atoms with E-state index in [2.05, 4.69) is 5.32 Å². The van der Waals surface area contributed by atoms with E-state index >= 15 is 0 Å². The summed E-state index contributed by atoms with van der Waals surface area (Å²) in [7, 11) is -3.72. The maximum absolute atomic E-state index is 12.0. The zero-order valence-corrected chi connectivity index (χ0v) is 12.7. The Kier molecular flexibility index (Phi) is 3.60. The third-order valence-corrected chi connectivity index (χ3v) is 6.46. The topological polar surface area (TPSA) is 89.3 Å². The number of carbonyl (C=O) groups excluding carboxylic acids is 1. The SMILES string of the molecule is NS(=O)(=O)c1cc(C(=O)NCC(C2CC2)C2CC2)cs1. The molecule has 0 radical (unpaired) electrons. The Hall–Kier alpha value is -0.920. The van der Waals surface area contributed by atoms with Crippen LogP contribution in [0.1, 0.15) is 36.0 Å². The fraction of sp³-hybridized carbons (Fsp3) is 0.615. The Morgan fingerprint density at radius 1 is 1.35 bits per heavy atom. The van der Waals surface area contributed by atoms with E-state index in [0.717, 1.165) is 23.2 Å². The molecule has 0 bridgehead atoms. The van der Waals surface area contributed by atoms with E-state index in [1.807, 2.05) is 0 Å². The summed E-state index contributed by atoms with van der Waals surface area (Å²) >= 11 is 0.983. The largest absolute Gasteiger partial charge is 0.352 e. The first-order valence-electron chi connectivity index (χ1n) is 6.84. The lowest BCUT2D eigenvalue weighted by Crippen LogP contribution is -2.30. The summed E-state index contributed by atoms with van der Waals surface area (Å²) in [5, 5.41) is 9.52. The summed E-state index contributed by atoms with van der Waals surface area (Å²) in [5.41, 5.74) is 0.379. The van der Waals surface area contributed by atoms with Crippen molar-refractivity contribution in [1.29, 1.82) is 0 Å². The minimum atomic E-state index is -3.72. The molecular formula is C13H18N2O3S2. The average Bonchev–Trinajstić information content (AvgIpc) is 3.29. The van der Waals surface area contributed by atoms with Gasteiger partial charge in [0.25, 0.3) is 5.91 Å². The van der Waals surface area contributed by atoms with E-state index in [-0.39, 0.29) is 10.1 Å². The van der Waals surface area contributed by atoms with Crippen LogP contribution in [0.5, 0.6) is 0 Å². The predicted octanol–water partition coefficient (Wildman–Crippen LogP) is 1.56. The Morgan fingerprint density at radius 2 is 1.95 bits per heavy atom. The minimum Gasteiger partial charge on any atom is -0.352 e. The van der Waals surface area contributed by atoms with Crippen molar-refractivity contribution < 1.29 is 13.2 Å². The molecule has 2 aliphatic rings. The number of hydrogen-bond acceptors (Lipinski definition) is 4. The van der Waals surface area contributed by atoms with E-state index in [4.69, 9.17) is 5.14 Å². The Balaban J connectivity index is 1.60. The highest BCUT2D eigenvalue weighted by atomic mass is 32.2. The highest BCUT2D eigenvalue weighted by Gasteiger charge is 2.41. The van der Waals surface area contributed by atoms with Crippen molar-refractivity contribution in [1.82, 2.24) is 5.32 Å². The number of carbonyl (C=O) groups is 1. The summed E-state index contributed by atoms with van der Waals surface area (Å²) in [4.78, 5) is 12.0. The van der Waals surface area contributed by atoms with E-state index in [1.54, 1.807) is 5.38 Å². The molecule has 0 saturated heterocycles. The van der Waals surface area contributed by atoms with Gasteiger partial charge in [0, 0.05) is 11.9 Å². The second kappa shape index (κ2) is 5.13. The maximum atomic E-state index is 12.0. The first-order valence-corrected chi connectivity index (χ1v) is 9.27. The molecule has 20 heavy (non-hydrogen) atoms. The van der Waals surface area contributed by atoms with Gasteiger partial charge in [-0.1, -0.05) is 0 Å². The van der Waals surface area contributed by atoms with Crippen LogP contribution in [0.25, 0.3) is 0 Å². The number of nitrogens with two attached hydrogens (primary N) is 1. The molecule has 0 aliphatic heterocycles. The highest BCUT2D eigenvalue weighted by molar-refractivity contribution is 7.91. The number of primary sulfonamides is 1. The van der Waals surface area contributed by atoms with E-state index in [0.29, 0.717) is 18.0 Å². The number of rotatable bonds is 6. The van der Waals surface area contributed by atoms with E-state index in [1.165, 1.54) is 31.7 Å². The number of amides is 1. The molecule has 1 aromatic heterocycles. The summed E-state index contributed by atoms with van der Waals surface area (Å²) in [5.74, 6) is 1.97. The van der Waals surface area contributed by atoms with Gasteiger partial charge in [-0.15, -0.1) is 11.3 Å². The Labute approximate surface area is 122 Å². The molecule has 1 aromatic rings. The normalized spacial score (nSPS) is 19.3. The molecular weight excluding hydrogens is 296 g/mol. The van der Waals surface area contributed by atoms with Gasteiger partial charge in [-0.05, 0) is 49.5 Å². The van der Waals surface area contributed by atoms with Crippen LogP contribution in [0, 0.1) is 17.8 Å². The van der Waals surface area contributed by atoms with Gasteiger partial charge in [0.15, 0.2) is 0 Å². The number of sulfonamides is 1. The quantitative estimate of drug-likeness (QED) is 0.835. The third kappa shape index (κ3) is 3.21. The molecule has 2 saturated carbocycles. The van der Waals surface area contributed by atoms with Gasteiger partial charge in [0.1, 0.15) is 4.21 Å². The zero-order valence-electron chi connectivity index (χ0n) is 11.0. The summed E-state index contributed by atoms with van der Waals surface area (Å²) in [6, 6.07) is 1.35. The van der Waals surface area contributed by atoms with Crippen molar-refractivity contribution in [2.24, 2.45) is 22.9 Å². The monoisotopic (exact) mass is 314 g/mol. The molecule has 0 aromatic carbocycles. The summed E-state index contributed by atoms with van der Waals surface area (Å²) in [6.45, 7) is 0.703. The second-order valence-corrected chi connectivity index (χ2v) is 8.45. The van der Waals surface area contributed by atoms with Gasteiger partial charge in [-0.2, -0.15) is 0 Å². The van der Waals surface area contributed by atoms with Crippen molar-refractivity contribution in [2.45, 2.75) is 29.9 Å². The van der Waals surface area contributed by atoms with Crippen molar-refractivity contribution in [3.05, 3.63) is 17.0 Å². The molecule has 5 nitrogen and oxygen atoms in total. The molecule has 0 spiro atoms. The molecule has 0 atom stereocenters. The summed E-state index contributed by atoms with van der Waals surface area (Å²) < 4.78 is 22.4. The van der Waals surface area contributed by atoms with Crippen LogP contribution >= 0.6 is 11.3 Å². The first-order chi connectivity index (χ1) is 9.45. The minimum absolute atomic E-state index is 0.0311. The number of nitrogens with one attached hydrogen (secondary N) is 1. The van der Waals surface area contributed by atoms with Gasteiger partial charge in [-0.25, -0.2) is 13.6 Å². The second-order valence-electron chi connectivity index (χ2n) is 5.75. The number of thiophene rings is 1. The maximum Gasteiger partial charge on any atom is 0.252 e. The van der Waals surface area contributed by atoms with Gasteiger partial charge < -0.3 is 5.32 Å². The molecule has 3 rings (SSSR count). The average molecular weight is 314 g/mol.